The van der Waals surface area contributed by atoms with E-state index in [-0.39, 0.29) is 6.03 Å². The summed E-state index contributed by atoms with van der Waals surface area (Å²) in [5.41, 5.74) is 0.741. The van der Waals surface area contributed by atoms with Gasteiger partial charge in [-0.05, 0) is 37.5 Å². The number of halogens is 1. The van der Waals surface area contributed by atoms with Gasteiger partial charge in [0, 0.05) is 23.0 Å². The number of anilines is 1. The van der Waals surface area contributed by atoms with Crippen LogP contribution in [0.3, 0.4) is 0 Å². The molecule has 0 spiro atoms. The van der Waals surface area contributed by atoms with Crippen molar-refractivity contribution in [3.05, 3.63) is 23.2 Å². The molecular weight excluding hydrogens is 294 g/mol. The van der Waals surface area contributed by atoms with Gasteiger partial charge >= 0.3 is 6.03 Å². The van der Waals surface area contributed by atoms with E-state index in [0.29, 0.717) is 11.6 Å². The molecule has 0 saturated carbocycles. The fourth-order valence-corrected chi connectivity index (χ4v) is 2.52. The van der Waals surface area contributed by atoms with E-state index in [1.807, 2.05) is 18.4 Å². The van der Waals surface area contributed by atoms with E-state index in [4.69, 9.17) is 11.6 Å². The van der Waals surface area contributed by atoms with Gasteiger partial charge in [-0.2, -0.15) is 0 Å². The van der Waals surface area contributed by atoms with E-state index >= 15 is 0 Å². The predicted molar refractivity (Wildman–Crippen MR) is 88.0 cm³/mol. The molecule has 2 N–H and O–H groups in total. The Morgan fingerprint density at radius 1 is 1.35 bits per heavy atom. The van der Waals surface area contributed by atoms with Gasteiger partial charge < -0.3 is 15.5 Å². The van der Waals surface area contributed by atoms with Gasteiger partial charge in [-0.25, -0.2) is 4.79 Å². The highest BCUT2D eigenvalue weighted by molar-refractivity contribution is 7.98. The molecule has 0 aliphatic rings. The number of hydrogen-bond donors (Lipinski definition) is 2. The number of carbonyl (C=O) groups excluding carboxylic acids is 1. The third kappa shape index (κ3) is 5.61. The standard InChI is InChI=1S/C14H22ClN3OS/c1-4-18(5-2)9-8-16-14(19)17-12-10-11(15)6-7-13(12)20-3/h6-7,10H,4-5,8-9H2,1-3H3,(H2,16,17,19). The van der Waals surface area contributed by atoms with Gasteiger partial charge in [0.25, 0.3) is 0 Å². The average Bonchev–Trinajstić information content (AvgIpc) is 2.44. The summed E-state index contributed by atoms with van der Waals surface area (Å²) in [5, 5.41) is 6.31. The van der Waals surface area contributed by atoms with Crippen LogP contribution < -0.4 is 10.6 Å². The number of thioether (sulfide) groups is 1. The van der Waals surface area contributed by atoms with Crippen molar-refractivity contribution in [2.75, 3.05) is 37.8 Å². The molecule has 1 aromatic rings. The maximum Gasteiger partial charge on any atom is 0.319 e. The maximum absolute atomic E-state index is 11.9. The summed E-state index contributed by atoms with van der Waals surface area (Å²) in [4.78, 5) is 15.1. The quantitative estimate of drug-likeness (QED) is 0.757. The van der Waals surface area contributed by atoms with E-state index in [1.54, 1.807) is 17.8 Å². The highest BCUT2D eigenvalue weighted by Crippen LogP contribution is 2.28. The normalized spacial score (nSPS) is 10.7. The molecule has 0 radical (unpaired) electrons. The summed E-state index contributed by atoms with van der Waals surface area (Å²) in [6.45, 7) is 7.68. The molecule has 4 nitrogen and oxygen atoms in total. The largest absolute Gasteiger partial charge is 0.337 e. The highest BCUT2D eigenvalue weighted by Gasteiger charge is 2.07. The zero-order chi connectivity index (χ0) is 15.0. The molecular formula is C14H22ClN3OS. The Bertz CT molecular complexity index is 438. The van der Waals surface area contributed by atoms with Crippen LogP contribution >= 0.6 is 23.4 Å². The number of benzene rings is 1. The summed E-state index contributed by atoms with van der Waals surface area (Å²) in [7, 11) is 0. The van der Waals surface area contributed by atoms with Crippen LogP contribution in [0.4, 0.5) is 10.5 Å². The third-order valence-electron chi connectivity index (χ3n) is 3.02. The van der Waals surface area contributed by atoms with Crippen molar-refractivity contribution < 1.29 is 4.79 Å². The number of likely N-dealkylation sites (N-methyl/N-ethyl adjacent to an activating group) is 1. The molecule has 0 unspecified atom stereocenters. The van der Waals surface area contributed by atoms with Gasteiger partial charge in [0.05, 0.1) is 5.69 Å². The predicted octanol–water partition coefficient (Wildman–Crippen LogP) is 3.53. The van der Waals surface area contributed by atoms with Crippen LogP contribution in [0.15, 0.2) is 23.1 Å². The lowest BCUT2D eigenvalue weighted by Gasteiger charge is -2.18. The van der Waals surface area contributed by atoms with Crippen molar-refractivity contribution in [2.45, 2.75) is 18.7 Å². The molecule has 0 bridgehead atoms. The number of hydrogen-bond acceptors (Lipinski definition) is 3. The second kappa shape index (κ2) is 9.10. The van der Waals surface area contributed by atoms with Crippen LogP contribution in [0, 0.1) is 0 Å². The lowest BCUT2D eigenvalue weighted by atomic mass is 10.3. The smallest absolute Gasteiger partial charge is 0.319 e. The zero-order valence-corrected chi connectivity index (χ0v) is 13.8. The number of urea groups is 1. The summed E-state index contributed by atoms with van der Waals surface area (Å²) in [5.74, 6) is 0. The van der Waals surface area contributed by atoms with E-state index in [2.05, 4.69) is 29.4 Å². The van der Waals surface area contributed by atoms with Crippen LogP contribution in [0.2, 0.25) is 5.02 Å². The minimum absolute atomic E-state index is 0.199. The molecule has 0 atom stereocenters. The molecule has 0 aliphatic carbocycles. The van der Waals surface area contributed by atoms with E-state index < -0.39 is 0 Å². The van der Waals surface area contributed by atoms with Crippen LogP contribution in [0.25, 0.3) is 0 Å². The van der Waals surface area contributed by atoms with Crippen molar-refractivity contribution >= 4 is 35.1 Å². The van der Waals surface area contributed by atoms with Crippen LogP contribution in [0.1, 0.15) is 13.8 Å². The Kier molecular flexibility index (Phi) is 7.80. The van der Waals surface area contributed by atoms with Crippen molar-refractivity contribution in [1.82, 2.24) is 10.2 Å². The molecule has 20 heavy (non-hydrogen) atoms. The van der Waals surface area contributed by atoms with E-state index in [1.165, 1.54) is 0 Å². The highest BCUT2D eigenvalue weighted by atomic mass is 35.5. The first-order chi connectivity index (χ1) is 9.60. The number of nitrogens with zero attached hydrogens (tertiary/aromatic N) is 1. The van der Waals surface area contributed by atoms with Crippen molar-refractivity contribution in [3.8, 4) is 0 Å². The second-order valence-corrected chi connectivity index (χ2v) is 5.54. The lowest BCUT2D eigenvalue weighted by Crippen LogP contribution is -2.36. The second-order valence-electron chi connectivity index (χ2n) is 4.25. The summed E-state index contributed by atoms with van der Waals surface area (Å²) in [6, 6.07) is 5.28. The molecule has 0 aliphatic heterocycles. The maximum atomic E-state index is 11.9. The first-order valence-electron chi connectivity index (χ1n) is 6.71. The topological polar surface area (TPSA) is 44.4 Å². The summed E-state index contributed by atoms with van der Waals surface area (Å²) < 4.78 is 0. The SMILES string of the molecule is CCN(CC)CCNC(=O)Nc1cc(Cl)ccc1SC. The van der Waals surface area contributed by atoms with Gasteiger partial charge in [-0.1, -0.05) is 25.4 Å². The van der Waals surface area contributed by atoms with Gasteiger partial charge in [-0.3, -0.25) is 0 Å². The van der Waals surface area contributed by atoms with E-state index in [9.17, 15) is 4.79 Å². The minimum atomic E-state index is -0.199. The van der Waals surface area contributed by atoms with Gasteiger partial charge in [0.1, 0.15) is 0 Å². The third-order valence-corrected chi connectivity index (χ3v) is 4.05. The fraction of sp³-hybridized carbons (Fsp3) is 0.500. The Labute approximate surface area is 130 Å². The lowest BCUT2D eigenvalue weighted by molar-refractivity contribution is 0.247. The summed E-state index contributed by atoms with van der Waals surface area (Å²) in [6.07, 6.45) is 1.96. The molecule has 1 rings (SSSR count). The molecule has 6 heteroatoms. The summed E-state index contributed by atoms with van der Waals surface area (Å²) >= 11 is 7.53. The Morgan fingerprint density at radius 2 is 2.05 bits per heavy atom. The van der Waals surface area contributed by atoms with Gasteiger partial charge in [0.2, 0.25) is 0 Å². The Hall–Kier alpha value is -0.910. The molecule has 1 aromatic carbocycles. The molecule has 2 amide bonds. The number of carbonyl (C=O) groups is 1. The van der Waals surface area contributed by atoms with Gasteiger partial charge in [-0.15, -0.1) is 11.8 Å². The van der Waals surface area contributed by atoms with Crippen LogP contribution in [0.5, 0.6) is 0 Å². The number of nitrogens with one attached hydrogen (secondary N) is 2. The van der Waals surface area contributed by atoms with Crippen molar-refractivity contribution in [1.29, 1.82) is 0 Å². The molecule has 0 heterocycles. The van der Waals surface area contributed by atoms with Gasteiger partial charge in [0.15, 0.2) is 0 Å². The fourth-order valence-electron chi connectivity index (χ4n) is 1.81. The Balaban J connectivity index is 2.48. The Morgan fingerprint density at radius 3 is 2.65 bits per heavy atom. The zero-order valence-electron chi connectivity index (χ0n) is 12.2. The van der Waals surface area contributed by atoms with Crippen molar-refractivity contribution in [3.63, 3.8) is 0 Å². The molecule has 112 valence electrons. The number of amides is 2. The van der Waals surface area contributed by atoms with Crippen LogP contribution in [-0.2, 0) is 0 Å². The monoisotopic (exact) mass is 315 g/mol. The first kappa shape index (κ1) is 17.1. The minimum Gasteiger partial charge on any atom is -0.337 e. The van der Waals surface area contributed by atoms with E-state index in [0.717, 1.165) is 30.2 Å². The van der Waals surface area contributed by atoms with Crippen LogP contribution in [-0.4, -0.2) is 43.4 Å². The first-order valence-corrected chi connectivity index (χ1v) is 8.31. The molecule has 0 saturated heterocycles. The molecule has 0 aromatic heterocycles. The average molecular weight is 316 g/mol. The number of rotatable bonds is 7. The van der Waals surface area contributed by atoms with Crippen molar-refractivity contribution in [2.24, 2.45) is 0 Å². The molecule has 0 fully saturated rings.